The molecule has 59 heavy (non-hydrogen) atoms. The fourth-order valence-corrected chi connectivity index (χ4v) is 6.64. The van der Waals surface area contributed by atoms with Crippen LogP contribution in [0.15, 0.2) is 141 Å². The Bertz CT molecular complexity index is 2510. The van der Waals surface area contributed by atoms with E-state index in [2.05, 4.69) is 44.9 Å². The topological polar surface area (TPSA) is 177 Å². The number of nitrogens with one attached hydrogen (secondary N) is 2. The molecule has 4 heterocycles. The van der Waals surface area contributed by atoms with Gasteiger partial charge in [0.15, 0.2) is 5.69 Å². The van der Waals surface area contributed by atoms with Gasteiger partial charge in [0.2, 0.25) is 0 Å². The number of aromatic nitrogens is 4. The van der Waals surface area contributed by atoms with E-state index in [1.165, 1.54) is 5.56 Å². The Morgan fingerprint density at radius 2 is 1.32 bits per heavy atom. The minimum atomic E-state index is -0.833. The average Bonchev–Trinajstić information content (AvgIpc) is 3.92. The maximum atomic E-state index is 12.9. The van der Waals surface area contributed by atoms with E-state index in [4.69, 9.17) is 19.8 Å². The first-order valence-corrected chi connectivity index (χ1v) is 18.6. The summed E-state index contributed by atoms with van der Waals surface area (Å²) in [4.78, 5) is 52.8. The van der Waals surface area contributed by atoms with Crippen molar-refractivity contribution in [3.63, 3.8) is 0 Å². The van der Waals surface area contributed by atoms with Gasteiger partial charge >= 0.3 is 0 Å². The Morgan fingerprint density at radius 1 is 0.797 bits per heavy atom. The van der Waals surface area contributed by atoms with Gasteiger partial charge < -0.3 is 20.8 Å². The Hall–Kier alpha value is -6.70. The fraction of sp³-hybridized carbons (Fsp3) is 0.227. The molecule has 3 aliphatic rings. The molecule has 0 saturated heterocycles. The number of fused-ring (bicyclic) bond motifs is 2. The summed E-state index contributed by atoms with van der Waals surface area (Å²) < 4.78 is 7.05. The van der Waals surface area contributed by atoms with Crippen LogP contribution in [0.5, 0.6) is 0 Å². The molecule has 3 aromatic carbocycles. The number of allylic oxidation sites excluding steroid dienone is 2. The number of hydrogen-bond acceptors (Lipinski definition) is 8. The molecule has 2 aromatic heterocycles. The zero-order chi connectivity index (χ0) is 41.9. The molecule has 5 aromatic rings. The molecule has 1 radical (unpaired) electrons. The SMILES string of the molecule is CC(=O)O.CC(=O)O.Cc1c(N/C=C2/C=NC3C=CC=CC23)c(=O)n(-c2ccccc2)n1C.Cc1c(N=CC2CNc3ccccc32)c(=O)n(-c2ccccc2)n1C.[Cu]. The van der Waals surface area contributed by atoms with Crippen LogP contribution in [0, 0.1) is 19.8 Å². The standard InChI is InChI=1S/2C20H20N4O.2C2H4O2.Cu/c2*1-14-19(20(25)24(23(14)2)16-8-4-3-5-9-16)22-13-15-12-21-18-11-7-6-10-17(15)18;2*1-2(3)4;/h3-11,13,15,21H,12H2,1-2H3;3-13,17-18,22H,1-2H3;2*1H3,(H,3,4);/b;15-13-;;;. The molecule has 311 valence electrons. The maximum Gasteiger partial charge on any atom is 0.300 e. The van der Waals surface area contributed by atoms with Crippen molar-refractivity contribution in [3.8, 4) is 11.4 Å². The van der Waals surface area contributed by atoms with Crippen LogP contribution >= 0.6 is 0 Å². The van der Waals surface area contributed by atoms with E-state index < -0.39 is 11.9 Å². The average molecular weight is 848 g/mol. The second-order valence-electron chi connectivity index (χ2n) is 13.6. The third-order valence-electron chi connectivity index (χ3n) is 9.60. The number of carboxylic acid groups (broad SMARTS) is 2. The number of para-hydroxylation sites is 3. The van der Waals surface area contributed by atoms with Gasteiger partial charge in [0.05, 0.1) is 28.8 Å². The van der Waals surface area contributed by atoms with E-state index in [9.17, 15) is 9.59 Å². The number of nitrogens with zero attached hydrogens (tertiary/aromatic N) is 6. The van der Waals surface area contributed by atoms with Crippen molar-refractivity contribution in [1.29, 1.82) is 0 Å². The van der Waals surface area contributed by atoms with E-state index in [1.807, 2.05) is 141 Å². The first-order valence-electron chi connectivity index (χ1n) is 18.6. The van der Waals surface area contributed by atoms with Crippen LogP contribution in [-0.4, -0.2) is 65.9 Å². The van der Waals surface area contributed by atoms with Crippen LogP contribution in [0.2, 0.25) is 0 Å². The zero-order valence-electron chi connectivity index (χ0n) is 33.6. The number of benzene rings is 3. The molecule has 1 aliphatic carbocycles. The van der Waals surface area contributed by atoms with Gasteiger partial charge in [-0.3, -0.25) is 38.5 Å². The quantitative estimate of drug-likeness (QED) is 0.110. The van der Waals surface area contributed by atoms with Gasteiger partial charge in [-0.1, -0.05) is 78.9 Å². The largest absolute Gasteiger partial charge is 0.481 e. The number of carboxylic acids is 2. The molecule has 0 amide bonds. The van der Waals surface area contributed by atoms with Gasteiger partial charge in [0.1, 0.15) is 5.69 Å². The molecule has 8 rings (SSSR count). The number of rotatable bonds is 6. The molecule has 0 fully saturated rings. The van der Waals surface area contributed by atoms with Crippen LogP contribution < -0.4 is 21.8 Å². The van der Waals surface area contributed by atoms with E-state index in [-0.39, 0.29) is 46.1 Å². The molecular formula is C44H48CuN8O6. The predicted molar refractivity (Wildman–Crippen MR) is 230 cm³/mol. The third-order valence-corrected chi connectivity index (χ3v) is 9.60. The van der Waals surface area contributed by atoms with E-state index in [0.29, 0.717) is 11.4 Å². The first kappa shape index (κ1) is 45.0. The molecule has 0 saturated carbocycles. The van der Waals surface area contributed by atoms with Crippen molar-refractivity contribution in [3.05, 3.63) is 159 Å². The summed E-state index contributed by atoms with van der Waals surface area (Å²) >= 11 is 0. The molecule has 3 unspecified atom stereocenters. The molecule has 3 atom stereocenters. The number of anilines is 2. The molecule has 2 aliphatic heterocycles. The predicted octanol–water partition coefficient (Wildman–Crippen LogP) is 6.55. The van der Waals surface area contributed by atoms with Crippen LogP contribution in [0.25, 0.3) is 11.4 Å². The van der Waals surface area contributed by atoms with Crippen molar-refractivity contribution in [2.24, 2.45) is 30.0 Å². The van der Waals surface area contributed by atoms with Crippen LogP contribution in [-0.2, 0) is 40.8 Å². The van der Waals surface area contributed by atoms with Gasteiger partial charge in [-0.05, 0) is 55.3 Å². The van der Waals surface area contributed by atoms with Crippen molar-refractivity contribution >= 4 is 41.4 Å². The van der Waals surface area contributed by atoms with Crippen LogP contribution in [0.4, 0.5) is 17.1 Å². The number of hydrogen-bond donors (Lipinski definition) is 4. The number of carbonyl (C=O) groups is 2. The van der Waals surface area contributed by atoms with Gasteiger partial charge in [-0.2, -0.15) is 0 Å². The number of aliphatic imine (C=N–C) groups is 2. The molecule has 14 nitrogen and oxygen atoms in total. The third kappa shape index (κ3) is 10.8. The second kappa shape index (κ2) is 20.6. The zero-order valence-corrected chi connectivity index (χ0v) is 34.5. The molecule has 4 N–H and O–H groups in total. The maximum absolute atomic E-state index is 12.9. The van der Waals surface area contributed by atoms with Gasteiger partial charge in [0, 0.05) is 87.7 Å². The summed E-state index contributed by atoms with van der Waals surface area (Å²) in [5, 5.41) is 21.4. The van der Waals surface area contributed by atoms with Gasteiger partial charge in [-0.15, -0.1) is 0 Å². The molecule has 0 bridgehead atoms. The smallest absolute Gasteiger partial charge is 0.300 e. The summed E-state index contributed by atoms with van der Waals surface area (Å²) in [6, 6.07) is 27.7. The summed E-state index contributed by atoms with van der Waals surface area (Å²) in [6.45, 7) is 6.84. The van der Waals surface area contributed by atoms with Crippen molar-refractivity contribution in [2.75, 3.05) is 17.2 Å². The Kier molecular flexibility index (Phi) is 15.7. The van der Waals surface area contributed by atoms with Crippen molar-refractivity contribution < 1.29 is 36.9 Å². The fourth-order valence-electron chi connectivity index (χ4n) is 6.64. The minimum Gasteiger partial charge on any atom is -0.481 e. The van der Waals surface area contributed by atoms with Gasteiger partial charge in [-0.25, -0.2) is 9.36 Å². The van der Waals surface area contributed by atoms with Gasteiger partial charge in [0.25, 0.3) is 23.1 Å². The first-order chi connectivity index (χ1) is 27.8. The Labute approximate surface area is 352 Å². The normalized spacial score (nSPS) is 17.3. The summed E-state index contributed by atoms with van der Waals surface area (Å²) in [5.41, 5.74) is 7.81. The summed E-state index contributed by atoms with van der Waals surface area (Å²) in [5.74, 6) is -1.24. The minimum absolute atomic E-state index is 0. The monoisotopic (exact) mass is 847 g/mol. The number of aliphatic carboxylic acids is 2. The van der Waals surface area contributed by atoms with Crippen LogP contribution in [0.1, 0.15) is 36.7 Å². The van der Waals surface area contributed by atoms with Crippen LogP contribution in [0.3, 0.4) is 0 Å². The van der Waals surface area contributed by atoms with E-state index in [1.54, 1.807) is 9.36 Å². The molecule has 0 spiro atoms. The Morgan fingerprint density at radius 3 is 1.93 bits per heavy atom. The van der Waals surface area contributed by atoms with Crippen molar-refractivity contribution in [2.45, 2.75) is 39.7 Å². The summed E-state index contributed by atoms with van der Waals surface area (Å²) in [6.07, 6.45) is 14.0. The molecule has 15 heteroatoms. The van der Waals surface area contributed by atoms with E-state index in [0.717, 1.165) is 54.4 Å². The summed E-state index contributed by atoms with van der Waals surface area (Å²) in [7, 11) is 3.78. The Balaban J connectivity index is 0.000000218. The van der Waals surface area contributed by atoms with Crippen molar-refractivity contribution in [1.82, 2.24) is 18.7 Å². The van der Waals surface area contributed by atoms with E-state index >= 15 is 0 Å². The molecular weight excluding hydrogens is 800 g/mol. The second-order valence-corrected chi connectivity index (χ2v) is 13.6.